The van der Waals surface area contributed by atoms with E-state index in [0.717, 1.165) is 0 Å². The highest BCUT2D eigenvalue weighted by atomic mass is 16.5. The zero-order chi connectivity index (χ0) is 21.0. The lowest BCUT2D eigenvalue weighted by molar-refractivity contribution is 0.0771. The molecule has 0 unspecified atom stereocenters. The van der Waals surface area contributed by atoms with Gasteiger partial charge in [0, 0.05) is 0 Å². The van der Waals surface area contributed by atoms with E-state index in [-0.39, 0.29) is 36.6 Å². The molecule has 4 aromatic carbocycles. The first-order valence-electron chi connectivity index (χ1n) is 11.9. The van der Waals surface area contributed by atoms with Crippen LogP contribution in [0.1, 0.15) is 103 Å². The lowest BCUT2D eigenvalue weighted by Crippen LogP contribution is -2.19. The third kappa shape index (κ3) is 1.59. The van der Waals surface area contributed by atoms with Gasteiger partial charge in [0.1, 0.15) is 36.6 Å². The van der Waals surface area contributed by atoms with Crippen molar-refractivity contribution in [3.05, 3.63) is 140 Å². The summed E-state index contributed by atoms with van der Waals surface area (Å²) in [4.78, 5) is 0. The summed E-state index contributed by atoms with van der Waals surface area (Å²) < 4.78 is 20.2. The highest BCUT2D eigenvalue weighted by molar-refractivity contribution is 5.74. The van der Waals surface area contributed by atoms with Gasteiger partial charge in [0.15, 0.2) is 0 Å². The fourth-order valence-electron chi connectivity index (χ4n) is 7.72. The molecule has 4 aromatic rings. The molecule has 6 atom stereocenters. The van der Waals surface area contributed by atoms with Crippen molar-refractivity contribution in [1.82, 2.24) is 0 Å². The topological polar surface area (TPSA) is 27.7 Å². The second-order valence-electron chi connectivity index (χ2n) is 10.1. The van der Waals surface area contributed by atoms with Gasteiger partial charge in [0.2, 0.25) is 0 Å². The molecule has 6 aliphatic heterocycles. The van der Waals surface area contributed by atoms with Crippen LogP contribution in [0.25, 0.3) is 0 Å². The molecule has 10 rings (SSSR count). The molecule has 3 nitrogen and oxygen atoms in total. The van der Waals surface area contributed by atoms with Gasteiger partial charge in [-0.2, -0.15) is 0 Å². The summed E-state index contributed by atoms with van der Waals surface area (Å²) in [6.07, 6.45) is -0.0570. The van der Waals surface area contributed by atoms with E-state index in [9.17, 15) is 0 Å². The molecule has 3 heteroatoms. The van der Waals surface area contributed by atoms with Crippen LogP contribution in [-0.2, 0) is 14.2 Å². The van der Waals surface area contributed by atoms with Crippen LogP contribution in [0, 0.1) is 0 Å². The van der Waals surface area contributed by atoms with Crippen LogP contribution in [0.5, 0.6) is 0 Å². The van der Waals surface area contributed by atoms with Gasteiger partial charge in [-0.3, -0.25) is 0 Å². The number of rotatable bonds is 0. The average Bonchev–Trinajstić information content (AvgIpc) is 3.70. The van der Waals surface area contributed by atoms with Crippen molar-refractivity contribution in [3.8, 4) is 0 Å². The minimum absolute atomic E-state index is 0.00951. The Hall–Kier alpha value is -3.24. The highest BCUT2D eigenvalue weighted by Crippen LogP contribution is 2.69. The summed E-state index contributed by atoms with van der Waals surface area (Å²) in [6.45, 7) is 0. The van der Waals surface area contributed by atoms with Crippen LogP contribution in [0.15, 0.2) is 72.8 Å². The smallest absolute Gasteiger partial charge is 0.110 e. The summed E-state index contributed by atoms with van der Waals surface area (Å²) in [6, 6.07) is 26.2. The van der Waals surface area contributed by atoms with Gasteiger partial charge in [-0.15, -0.1) is 0 Å². The minimum Gasteiger partial charge on any atom is -0.356 e. The first-order chi connectivity index (χ1) is 16.4. The average molecular weight is 426 g/mol. The van der Waals surface area contributed by atoms with E-state index in [1.807, 2.05) is 0 Å². The van der Waals surface area contributed by atoms with Crippen LogP contribution in [0.2, 0.25) is 0 Å². The number of benzene rings is 4. The van der Waals surface area contributed by atoms with Crippen LogP contribution in [0.4, 0.5) is 0 Å². The molecule has 0 radical (unpaired) electrons. The van der Waals surface area contributed by atoms with Gasteiger partial charge in [-0.1, -0.05) is 72.8 Å². The van der Waals surface area contributed by atoms with E-state index >= 15 is 0 Å². The summed E-state index contributed by atoms with van der Waals surface area (Å²) in [7, 11) is 0. The second-order valence-corrected chi connectivity index (χ2v) is 10.1. The van der Waals surface area contributed by atoms with Crippen molar-refractivity contribution >= 4 is 0 Å². The second kappa shape index (κ2) is 5.13. The largest absolute Gasteiger partial charge is 0.356 e. The molecule has 0 fully saturated rings. The third-order valence-electron chi connectivity index (χ3n) is 8.81. The molecule has 156 valence electrons. The Balaban J connectivity index is 1.34. The molecular formula is C30H18O3. The first-order valence-corrected chi connectivity index (χ1v) is 11.9. The van der Waals surface area contributed by atoms with Gasteiger partial charge in [-0.25, -0.2) is 0 Å². The molecule has 0 amide bonds. The van der Waals surface area contributed by atoms with Crippen molar-refractivity contribution in [2.45, 2.75) is 36.6 Å². The van der Waals surface area contributed by atoms with E-state index in [4.69, 9.17) is 14.2 Å². The number of fused-ring (bicyclic) bond motifs is 27. The van der Waals surface area contributed by atoms with Crippen molar-refractivity contribution in [3.63, 3.8) is 0 Å². The fourth-order valence-corrected chi connectivity index (χ4v) is 7.72. The predicted molar refractivity (Wildman–Crippen MR) is 120 cm³/mol. The van der Waals surface area contributed by atoms with Gasteiger partial charge in [0.05, 0.1) is 0 Å². The molecule has 0 spiro atoms. The molecule has 0 saturated heterocycles. The van der Waals surface area contributed by atoms with Crippen LogP contribution >= 0.6 is 0 Å². The zero-order valence-corrected chi connectivity index (χ0v) is 17.6. The Kier molecular flexibility index (Phi) is 2.54. The fraction of sp³-hybridized carbons (Fsp3) is 0.200. The van der Waals surface area contributed by atoms with Gasteiger partial charge in [0.25, 0.3) is 0 Å². The molecule has 0 N–H and O–H groups in total. The predicted octanol–water partition coefficient (Wildman–Crippen LogP) is 6.25. The Labute approximate surface area is 190 Å². The quantitative estimate of drug-likeness (QED) is 0.332. The maximum absolute atomic E-state index is 6.74. The van der Waals surface area contributed by atoms with Crippen molar-refractivity contribution in [1.29, 1.82) is 0 Å². The highest BCUT2D eigenvalue weighted by Gasteiger charge is 2.58. The van der Waals surface area contributed by atoms with E-state index in [1.54, 1.807) is 0 Å². The van der Waals surface area contributed by atoms with Crippen molar-refractivity contribution in [2.75, 3.05) is 0 Å². The molecule has 33 heavy (non-hydrogen) atoms. The van der Waals surface area contributed by atoms with Crippen LogP contribution in [0.3, 0.4) is 0 Å². The van der Waals surface area contributed by atoms with E-state index < -0.39 is 0 Å². The summed E-state index contributed by atoms with van der Waals surface area (Å²) >= 11 is 0. The van der Waals surface area contributed by atoms with E-state index in [0.29, 0.717) is 0 Å². The van der Waals surface area contributed by atoms with Crippen molar-refractivity contribution < 1.29 is 14.2 Å². The summed E-state index contributed by atoms with van der Waals surface area (Å²) in [5.41, 5.74) is 16.1. The third-order valence-corrected chi connectivity index (χ3v) is 8.81. The molecule has 0 aromatic heterocycles. The summed E-state index contributed by atoms with van der Waals surface area (Å²) in [5.74, 6) is 0. The number of hydrogen-bond acceptors (Lipinski definition) is 3. The van der Waals surface area contributed by atoms with Crippen molar-refractivity contribution in [2.24, 2.45) is 0 Å². The molecule has 6 aliphatic rings. The Bertz CT molecular complexity index is 1280. The van der Waals surface area contributed by atoms with Crippen LogP contribution < -0.4 is 0 Å². The molecular weight excluding hydrogens is 408 g/mol. The lowest BCUT2D eigenvalue weighted by atomic mass is 9.69. The van der Waals surface area contributed by atoms with E-state index in [1.165, 1.54) is 66.8 Å². The maximum Gasteiger partial charge on any atom is 0.110 e. The standard InChI is InChI=1S/C30H18O3/c1-2-8-14-13(7-1)25-19-20(26(14)31-25)22-24(30-18-12-6-5-11-17(18)28(22)33-30)23-21(19)27-15-9-3-4-10-16(15)29(23)32-27/h1-12,25-30H/t25-,26+,27+,28-,29-,30+. The minimum atomic E-state index is -0.00951. The monoisotopic (exact) mass is 426 g/mol. The Morgan fingerprint density at radius 2 is 0.485 bits per heavy atom. The zero-order valence-electron chi connectivity index (χ0n) is 17.6. The normalized spacial score (nSPS) is 31.3. The van der Waals surface area contributed by atoms with Gasteiger partial charge >= 0.3 is 0 Å². The lowest BCUT2D eigenvalue weighted by Gasteiger charge is -2.30. The SMILES string of the molecule is c1ccc2c(c1)[C@H]1O[C@@H]2c2c1c1c(c3c2[C@@H]2O[C@H]3c3ccccc32)[C@@H]2O[C@H]1c1ccccc12. The molecule has 0 aliphatic carbocycles. The summed E-state index contributed by atoms with van der Waals surface area (Å²) in [5, 5.41) is 0. The molecule has 6 bridgehead atoms. The number of ether oxygens (including phenoxy) is 3. The molecule has 6 heterocycles. The maximum atomic E-state index is 6.74. The Morgan fingerprint density at radius 3 is 0.667 bits per heavy atom. The van der Waals surface area contributed by atoms with Crippen LogP contribution in [-0.4, -0.2) is 0 Å². The number of hydrogen-bond donors (Lipinski definition) is 0. The van der Waals surface area contributed by atoms with E-state index in [2.05, 4.69) is 72.8 Å². The Morgan fingerprint density at radius 1 is 0.303 bits per heavy atom. The van der Waals surface area contributed by atoms with Gasteiger partial charge in [-0.05, 0) is 66.8 Å². The van der Waals surface area contributed by atoms with Gasteiger partial charge < -0.3 is 14.2 Å². The molecule has 0 saturated carbocycles. The first kappa shape index (κ1) is 16.4.